The summed E-state index contributed by atoms with van der Waals surface area (Å²) < 4.78 is 0. The van der Waals surface area contributed by atoms with E-state index in [1.165, 1.54) is 49.3 Å². The van der Waals surface area contributed by atoms with E-state index in [4.69, 9.17) is 20.2 Å². The van der Waals surface area contributed by atoms with Gasteiger partial charge in [0.1, 0.15) is 0 Å². The molecule has 0 heterocycles. The molecule has 0 amide bonds. The van der Waals surface area contributed by atoms with E-state index in [2.05, 4.69) is 55.4 Å². The zero-order valence-corrected chi connectivity index (χ0v) is 26.2. The molecule has 0 unspecified atom stereocenters. The fourth-order valence-corrected chi connectivity index (χ4v) is 13.6. The standard InChI is InChI=1S/2C10H24P2.2ClH.Fe/c2*1-5-11(6-2)9-10-12(7-3)8-4;;;/h2*5-10H2,1-4H3;2*1H;/q;;;;+2/p+2. The molecule has 27 heavy (non-hydrogen) atoms. The van der Waals surface area contributed by atoms with Crippen molar-refractivity contribution in [2.75, 3.05) is 73.9 Å². The first-order chi connectivity index (χ1) is 13.0. The molecule has 0 aromatic rings. The second-order valence-corrected chi connectivity index (χ2v) is 22.4. The topological polar surface area (TPSA) is 0 Å². The van der Waals surface area contributed by atoms with Gasteiger partial charge in [0.05, 0.1) is 73.9 Å². The van der Waals surface area contributed by atoms with Crippen LogP contribution < -0.4 is 0 Å². The molecular weight excluding hydrogens is 491 g/mol. The van der Waals surface area contributed by atoms with Gasteiger partial charge >= 0.3 is 33.3 Å². The molecule has 0 atom stereocenters. The summed E-state index contributed by atoms with van der Waals surface area (Å²) in [4.78, 5) is 0. The molecule has 0 saturated heterocycles. The Morgan fingerprint density at radius 1 is 0.407 bits per heavy atom. The zero-order valence-electron chi connectivity index (χ0n) is 19.6. The summed E-state index contributed by atoms with van der Waals surface area (Å²) in [7, 11) is 9.88. The number of rotatable bonds is 14. The van der Waals surface area contributed by atoms with E-state index in [0.717, 1.165) is 0 Å². The Morgan fingerprint density at radius 3 is 0.593 bits per heavy atom. The van der Waals surface area contributed by atoms with E-state index >= 15 is 0 Å². The first-order valence-electron chi connectivity index (χ1n) is 11.2. The molecule has 0 rings (SSSR count). The molecule has 0 aromatic heterocycles. The Balaban J connectivity index is -0.000000372. The van der Waals surface area contributed by atoms with Gasteiger partial charge < -0.3 is 0 Å². The third-order valence-electron chi connectivity index (χ3n) is 5.66. The van der Waals surface area contributed by atoms with E-state index in [9.17, 15) is 0 Å². The van der Waals surface area contributed by atoms with Crippen molar-refractivity contribution in [2.45, 2.75) is 55.4 Å². The summed E-state index contributed by atoms with van der Waals surface area (Å²) in [5, 5.41) is 0. The van der Waals surface area contributed by atoms with Crippen LogP contribution in [0.5, 0.6) is 0 Å². The Kier molecular flexibility index (Phi) is 36.8. The van der Waals surface area contributed by atoms with Crippen LogP contribution in [0.15, 0.2) is 0 Å². The molecular formula is C20H52Cl2FeP4+4. The van der Waals surface area contributed by atoms with Gasteiger partial charge in [-0.2, -0.15) is 0 Å². The normalized spacial score (nSPS) is 11.0. The number of hydrogen-bond acceptors (Lipinski definition) is 0. The first kappa shape index (κ1) is 34.4. The average molecular weight is 543 g/mol. The van der Waals surface area contributed by atoms with Crippen molar-refractivity contribution in [3.05, 3.63) is 0 Å². The molecule has 170 valence electrons. The predicted octanol–water partition coefficient (Wildman–Crippen LogP) is 8.37. The van der Waals surface area contributed by atoms with Crippen LogP contribution in [0.4, 0.5) is 0 Å². The van der Waals surface area contributed by atoms with E-state index < -0.39 is 0 Å². The van der Waals surface area contributed by atoms with Crippen molar-refractivity contribution in [1.29, 1.82) is 0 Å². The van der Waals surface area contributed by atoms with Crippen LogP contribution >= 0.6 is 51.9 Å². The predicted molar refractivity (Wildman–Crippen MR) is 149 cm³/mol. The number of halogens is 2. The van der Waals surface area contributed by atoms with E-state index in [-0.39, 0.29) is 44.8 Å². The Labute approximate surface area is 193 Å². The van der Waals surface area contributed by atoms with Gasteiger partial charge in [-0.25, -0.2) is 0 Å². The first-order valence-corrected chi connectivity index (χ1v) is 22.7. The van der Waals surface area contributed by atoms with E-state index in [0.29, 0.717) is 0 Å². The quantitative estimate of drug-likeness (QED) is 0.153. The van der Waals surface area contributed by atoms with Crippen molar-refractivity contribution >= 4 is 51.9 Å². The van der Waals surface area contributed by atoms with Crippen molar-refractivity contribution in [3.8, 4) is 0 Å². The van der Waals surface area contributed by atoms with Crippen LogP contribution in [0.3, 0.4) is 0 Å². The summed E-state index contributed by atoms with van der Waals surface area (Å²) >= 11 is 0.194. The maximum absolute atomic E-state index is 4.76. The van der Waals surface area contributed by atoms with Gasteiger partial charge in [-0.05, 0) is 55.4 Å². The van der Waals surface area contributed by atoms with E-state index in [1.807, 2.05) is 0 Å². The second-order valence-electron chi connectivity index (χ2n) is 6.88. The second kappa shape index (κ2) is 28.8. The van der Waals surface area contributed by atoms with Crippen LogP contribution in [0.25, 0.3) is 0 Å². The third-order valence-corrected chi connectivity index (χ3v) is 18.5. The Bertz CT molecular complexity index is 200. The molecule has 0 aliphatic heterocycles. The van der Waals surface area contributed by atoms with Crippen LogP contribution in [0, 0.1) is 0 Å². The zero-order chi connectivity index (χ0) is 21.5. The molecule has 0 saturated carbocycles. The van der Waals surface area contributed by atoms with Gasteiger partial charge in [0, 0.05) is 31.7 Å². The molecule has 0 radical (unpaired) electrons. The van der Waals surface area contributed by atoms with Crippen LogP contribution in [-0.4, -0.2) is 73.9 Å². The third kappa shape index (κ3) is 25.0. The molecule has 7 heteroatoms. The minimum atomic E-state index is 0.0873. The van der Waals surface area contributed by atoms with Gasteiger partial charge in [-0.15, -0.1) is 0 Å². The molecule has 0 fully saturated rings. The molecule has 0 bridgehead atoms. The molecule has 0 spiro atoms. The maximum atomic E-state index is 4.76. The van der Waals surface area contributed by atoms with E-state index in [1.54, 1.807) is 24.6 Å². The summed E-state index contributed by atoms with van der Waals surface area (Å²) in [6.45, 7) is 19.0. The monoisotopic (exact) mass is 542 g/mol. The Morgan fingerprint density at radius 2 is 0.519 bits per heavy atom. The number of hydrogen-bond donors (Lipinski definition) is 0. The average Bonchev–Trinajstić information content (AvgIpc) is 2.70. The SMILES string of the molecule is CC[PH+](CC)CC[PH+](CC)CC.CC[PH+](CC)CC[PH+](CC)CC.[Cl][Fe][Cl]. The van der Waals surface area contributed by atoms with Crippen molar-refractivity contribution in [3.63, 3.8) is 0 Å². The van der Waals surface area contributed by atoms with Gasteiger partial charge in [0.25, 0.3) is 0 Å². The fourth-order valence-electron chi connectivity index (χ4n) is 3.12. The summed E-state index contributed by atoms with van der Waals surface area (Å²) in [6.07, 6.45) is 18.3. The van der Waals surface area contributed by atoms with Crippen molar-refractivity contribution in [2.24, 2.45) is 0 Å². The molecule has 0 aliphatic carbocycles. The summed E-state index contributed by atoms with van der Waals surface area (Å²) in [5.41, 5.74) is 0. The minimum absolute atomic E-state index is 0.0873. The van der Waals surface area contributed by atoms with Gasteiger partial charge in [-0.3, -0.25) is 0 Å². The van der Waals surface area contributed by atoms with Crippen LogP contribution in [-0.2, 0) is 13.1 Å². The van der Waals surface area contributed by atoms with Crippen molar-refractivity contribution < 1.29 is 13.1 Å². The van der Waals surface area contributed by atoms with Gasteiger partial charge in [0.15, 0.2) is 0 Å². The molecule has 0 aliphatic rings. The fraction of sp³-hybridized carbons (Fsp3) is 1.00. The van der Waals surface area contributed by atoms with Gasteiger partial charge in [0.2, 0.25) is 0 Å². The Hall–Kier alpha value is 2.82. The van der Waals surface area contributed by atoms with Crippen LogP contribution in [0.2, 0.25) is 0 Å². The van der Waals surface area contributed by atoms with Gasteiger partial charge in [-0.1, -0.05) is 0 Å². The molecule has 0 N–H and O–H groups in total. The summed E-state index contributed by atoms with van der Waals surface area (Å²) in [5.74, 6) is 0. The van der Waals surface area contributed by atoms with Crippen molar-refractivity contribution in [1.82, 2.24) is 0 Å². The molecule has 0 aromatic carbocycles. The molecule has 0 nitrogen and oxygen atoms in total. The summed E-state index contributed by atoms with van der Waals surface area (Å²) in [6, 6.07) is 0. The van der Waals surface area contributed by atoms with Crippen LogP contribution in [0.1, 0.15) is 55.4 Å².